The number of carbonyl (C=O) groups is 2. The molecule has 0 unspecified atom stereocenters. The minimum atomic E-state index is -0.454. The number of likely N-dealkylation sites (tertiary alicyclic amines) is 1. The molecule has 0 N–H and O–H groups in total. The summed E-state index contributed by atoms with van der Waals surface area (Å²) >= 11 is 0. The number of rotatable bonds is 3. The number of nitrogens with zero attached hydrogens (tertiary/aromatic N) is 2. The fraction of sp³-hybridized carbons (Fsp3) is 0.905. The normalized spacial score (nSPS) is 21.0. The van der Waals surface area contributed by atoms with Crippen LogP contribution in [-0.4, -0.2) is 53.6 Å². The van der Waals surface area contributed by atoms with Gasteiger partial charge in [-0.05, 0) is 52.4 Å². The highest BCUT2D eigenvalue weighted by Gasteiger charge is 2.29. The van der Waals surface area contributed by atoms with Crippen LogP contribution in [0.4, 0.5) is 4.79 Å². The molecule has 0 atom stereocenters. The van der Waals surface area contributed by atoms with Gasteiger partial charge in [0.15, 0.2) is 0 Å². The number of piperidine rings is 1. The molecule has 1 aliphatic carbocycles. The molecule has 26 heavy (non-hydrogen) atoms. The molecule has 0 aromatic rings. The Morgan fingerprint density at radius 1 is 0.962 bits per heavy atom. The van der Waals surface area contributed by atoms with Gasteiger partial charge >= 0.3 is 6.09 Å². The van der Waals surface area contributed by atoms with E-state index in [0.717, 1.165) is 25.7 Å². The summed E-state index contributed by atoms with van der Waals surface area (Å²) < 4.78 is 5.44. The molecule has 1 saturated heterocycles. The van der Waals surface area contributed by atoms with Gasteiger partial charge in [0.2, 0.25) is 5.91 Å². The van der Waals surface area contributed by atoms with Crippen molar-refractivity contribution < 1.29 is 14.3 Å². The Hall–Kier alpha value is -1.26. The summed E-state index contributed by atoms with van der Waals surface area (Å²) in [4.78, 5) is 28.7. The van der Waals surface area contributed by atoms with Crippen LogP contribution in [0, 0.1) is 5.92 Å². The average molecular weight is 367 g/mol. The van der Waals surface area contributed by atoms with Gasteiger partial charge in [0, 0.05) is 32.6 Å². The van der Waals surface area contributed by atoms with Crippen LogP contribution in [0.15, 0.2) is 0 Å². The molecular weight excluding hydrogens is 328 g/mol. The van der Waals surface area contributed by atoms with Crippen molar-refractivity contribution >= 4 is 12.0 Å². The second-order valence-electron chi connectivity index (χ2n) is 9.12. The minimum Gasteiger partial charge on any atom is -0.444 e. The van der Waals surface area contributed by atoms with Crippen molar-refractivity contribution in [3.8, 4) is 0 Å². The largest absolute Gasteiger partial charge is 0.444 e. The van der Waals surface area contributed by atoms with Crippen molar-refractivity contribution in [1.82, 2.24) is 9.80 Å². The highest BCUT2D eigenvalue weighted by molar-refractivity contribution is 5.76. The van der Waals surface area contributed by atoms with E-state index in [-0.39, 0.29) is 12.0 Å². The highest BCUT2D eigenvalue weighted by Crippen LogP contribution is 2.25. The predicted molar refractivity (Wildman–Crippen MR) is 104 cm³/mol. The van der Waals surface area contributed by atoms with E-state index in [1.165, 1.54) is 32.1 Å². The lowest BCUT2D eigenvalue weighted by atomic mass is 9.91. The standard InChI is InChI=1S/C21H38N2O3/c1-21(2,3)26-20(25)23-14-12-17(13-15-23)16-19(24)22(4)18-10-8-6-5-7-9-11-18/h17-18H,5-16H2,1-4H3. The van der Waals surface area contributed by atoms with Gasteiger partial charge < -0.3 is 14.5 Å². The fourth-order valence-corrected chi connectivity index (χ4v) is 4.06. The molecule has 2 rings (SSSR count). The third-order valence-electron chi connectivity index (χ3n) is 5.75. The van der Waals surface area contributed by atoms with E-state index >= 15 is 0 Å². The highest BCUT2D eigenvalue weighted by atomic mass is 16.6. The van der Waals surface area contributed by atoms with E-state index in [0.29, 0.717) is 31.5 Å². The van der Waals surface area contributed by atoms with Gasteiger partial charge in [-0.15, -0.1) is 0 Å². The van der Waals surface area contributed by atoms with Crippen LogP contribution >= 0.6 is 0 Å². The SMILES string of the molecule is CN(C(=O)CC1CCN(C(=O)OC(C)(C)C)CC1)C1CCCCCCC1. The maximum absolute atomic E-state index is 12.7. The van der Waals surface area contributed by atoms with E-state index in [2.05, 4.69) is 0 Å². The van der Waals surface area contributed by atoms with Gasteiger partial charge in [-0.1, -0.05) is 32.1 Å². The Morgan fingerprint density at radius 2 is 1.50 bits per heavy atom. The third-order valence-corrected chi connectivity index (χ3v) is 5.75. The summed E-state index contributed by atoms with van der Waals surface area (Å²) in [5.74, 6) is 0.670. The first-order chi connectivity index (χ1) is 12.3. The number of hydrogen-bond acceptors (Lipinski definition) is 3. The zero-order valence-electron chi connectivity index (χ0n) is 17.3. The van der Waals surface area contributed by atoms with Gasteiger partial charge in [0.1, 0.15) is 5.60 Å². The summed E-state index contributed by atoms with van der Waals surface area (Å²) in [6, 6.07) is 0.421. The van der Waals surface area contributed by atoms with E-state index in [9.17, 15) is 9.59 Å². The molecule has 0 aromatic carbocycles. The number of carbonyl (C=O) groups excluding carboxylic acids is 2. The molecule has 0 radical (unpaired) electrons. The molecule has 1 aliphatic heterocycles. The van der Waals surface area contributed by atoms with Crippen LogP contribution < -0.4 is 0 Å². The lowest BCUT2D eigenvalue weighted by molar-refractivity contribution is -0.133. The lowest BCUT2D eigenvalue weighted by Crippen LogP contribution is -2.43. The van der Waals surface area contributed by atoms with Crippen molar-refractivity contribution in [3.63, 3.8) is 0 Å². The summed E-state index contributed by atoms with van der Waals surface area (Å²) in [6.45, 7) is 7.06. The van der Waals surface area contributed by atoms with Crippen molar-refractivity contribution in [2.75, 3.05) is 20.1 Å². The first-order valence-electron chi connectivity index (χ1n) is 10.5. The van der Waals surface area contributed by atoms with Gasteiger partial charge in [0.05, 0.1) is 0 Å². The van der Waals surface area contributed by atoms with Crippen LogP contribution in [0.25, 0.3) is 0 Å². The predicted octanol–water partition coefficient (Wildman–Crippen LogP) is 4.59. The first-order valence-corrected chi connectivity index (χ1v) is 10.5. The Balaban J connectivity index is 1.75. The third kappa shape index (κ3) is 6.81. The Morgan fingerprint density at radius 3 is 2.04 bits per heavy atom. The van der Waals surface area contributed by atoms with Gasteiger partial charge in [-0.2, -0.15) is 0 Å². The number of hydrogen-bond donors (Lipinski definition) is 0. The van der Waals surface area contributed by atoms with Crippen LogP contribution in [0.1, 0.15) is 85.0 Å². The maximum Gasteiger partial charge on any atom is 0.410 e. The van der Waals surface area contributed by atoms with E-state index in [1.807, 2.05) is 32.7 Å². The maximum atomic E-state index is 12.7. The molecule has 0 spiro atoms. The first kappa shape index (κ1) is 21.0. The van der Waals surface area contributed by atoms with Gasteiger partial charge in [0.25, 0.3) is 0 Å². The number of ether oxygens (including phenoxy) is 1. The monoisotopic (exact) mass is 366 g/mol. The molecule has 0 aromatic heterocycles. The fourth-order valence-electron chi connectivity index (χ4n) is 4.06. The Labute approximate surface area is 159 Å². The Bertz CT molecular complexity index is 456. The van der Waals surface area contributed by atoms with E-state index in [1.54, 1.807) is 4.90 Å². The molecule has 1 saturated carbocycles. The van der Waals surface area contributed by atoms with Crippen LogP contribution in [0.3, 0.4) is 0 Å². The zero-order valence-corrected chi connectivity index (χ0v) is 17.3. The topological polar surface area (TPSA) is 49.9 Å². The zero-order chi connectivity index (χ0) is 19.2. The van der Waals surface area contributed by atoms with E-state index < -0.39 is 5.60 Å². The molecule has 0 bridgehead atoms. The summed E-state index contributed by atoms with van der Waals surface area (Å²) in [7, 11) is 1.99. The van der Waals surface area contributed by atoms with Gasteiger partial charge in [-0.25, -0.2) is 4.79 Å². The van der Waals surface area contributed by atoms with Crippen molar-refractivity contribution in [1.29, 1.82) is 0 Å². The quantitative estimate of drug-likeness (QED) is 0.734. The van der Waals surface area contributed by atoms with Crippen LogP contribution in [0.5, 0.6) is 0 Å². The van der Waals surface area contributed by atoms with E-state index in [4.69, 9.17) is 4.74 Å². The minimum absolute atomic E-state index is 0.228. The average Bonchev–Trinajstić information content (AvgIpc) is 2.53. The molecule has 5 heteroatoms. The molecule has 150 valence electrons. The summed E-state index contributed by atoms with van der Waals surface area (Å²) in [5, 5.41) is 0. The van der Waals surface area contributed by atoms with Crippen LogP contribution in [-0.2, 0) is 9.53 Å². The molecule has 2 amide bonds. The summed E-state index contributed by atoms with van der Waals surface area (Å²) in [6.07, 6.45) is 10.9. The second-order valence-corrected chi connectivity index (χ2v) is 9.12. The van der Waals surface area contributed by atoms with Gasteiger partial charge in [-0.3, -0.25) is 4.79 Å². The van der Waals surface area contributed by atoms with Crippen molar-refractivity contribution in [3.05, 3.63) is 0 Å². The molecule has 1 heterocycles. The molecule has 5 nitrogen and oxygen atoms in total. The van der Waals surface area contributed by atoms with Crippen molar-refractivity contribution in [2.24, 2.45) is 5.92 Å². The van der Waals surface area contributed by atoms with Crippen LogP contribution in [0.2, 0.25) is 0 Å². The lowest BCUT2D eigenvalue weighted by Gasteiger charge is -2.35. The Kier molecular flexibility index (Phi) is 7.78. The molecular formula is C21H38N2O3. The molecule has 2 aliphatic rings. The molecule has 2 fully saturated rings. The second kappa shape index (κ2) is 9.61. The van der Waals surface area contributed by atoms with Crippen molar-refractivity contribution in [2.45, 2.75) is 96.6 Å². The number of amides is 2. The smallest absolute Gasteiger partial charge is 0.410 e. The summed E-state index contributed by atoms with van der Waals surface area (Å²) in [5.41, 5.74) is -0.454.